The molecule has 0 aromatic heterocycles. The minimum Gasteiger partial charge on any atom is -0.416 e. The lowest BCUT2D eigenvalue weighted by Gasteiger charge is -2.13. The van der Waals surface area contributed by atoms with E-state index in [4.69, 9.17) is 5.73 Å². The van der Waals surface area contributed by atoms with Crippen LogP contribution in [-0.2, 0) is 6.54 Å². The molecule has 0 aliphatic heterocycles. The van der Waals surface area contributed by atoms with Gasteiger partial charge in [-0.25, -0.2) is 13.6 Å². The first-order valence-corrected chi connectivity index (χ1v) is 9.38. The molecule has 0 spiro atoms. The van der Waals surface area contributed by atoms with Gasteiger partial charge in [0.1, 0.15) is 5.56 Å². The van der Waals surface area contributed by atoms with Crippen molar-refractivity contribution in [3.63, 3.8) is 0 Å². The van der Waals surface area contributed by atoms with Gasteiger partial charge < -0.3 is 15.8 Å². The van der Waals surface area contributed by atoms with Crippen molar-refractivity contribution in [1.82, 2.24) is 5.32 Å². The number of aryl methyl sites for hydroxylation is 2. The number of hydrogen-bond acceptors (Lipinski definition) is 4. The van der Waals surface area contributed by atoms with Crippen molar-refractivity contribution in [1.29, 1.82) is 0 Å². The Labute approximate surface area is 180 Å². The largest absolute Gasteiger partial charge is 0.416 e. The van der Waals surface area contributed by atoms with Gasteiger partial charge in [0, 0.05) is 12.2 Å². The third-order valence-corrected chi connectivity index (χ3v) is 4.73. The number of carbonyl (C=O) groups is 2. The van der Waals surface area contributed by atoms with E-state index in [0.29, 0.717) is 11.1 Å². The number of amides is 1. The van der Waals surface area contributed by atoms with E-state index < -0.39 is 46.5 Å². The van der Waals surface area contributed by atoms with E-state index in [1.807, 2.05) is 6.92 Å². The molecule has 1 amide bonds. The molecule has 0 saturated carbocycles. The summed E-state index contributed by atoms with van der Waals surface area (Å²) in [6.07, 6.45) is 0. The highest BCUT2D eigenvalue weighted by atomic mass is 19.2. The molecule has 0 saturated heterocycles. The van der Waals surface area contributed by atoms with Crippen LogP contribution in [0.3, 0.4) is 0 Å². The van der Waals surface area contributed by atoms with Gasteiger partial charge in [0.15, 0.2) is 11.6 Å². The smallest absolute Gasteiger partial charge is 0.343 e. The van der Waals surface area contributed by atoms with Crippen molar-refractivity contribution >= 4 is 17.6 Å². The van der Waals surface area contributed by atoms with Crippen LogP contribution in [-0.4, -0.2) is 11.9 Å². The van der Waals surface area contributed by atoms with Crippen LogP contribution in [0, 0.1) is 37.1 Å². The summed E-state index contributed by atoms with van der Waals surface area (Å²) < 4.78 is 62.3. The second-order valence-electron chi connectivity index (χ2n) is 7.09. The Morgan fingerprint density at radius 3 is 2.06 bits per heavy atom. The van der Waals surface area contributed by atoms with Crippen LogP contribution in [0.15, 0.2) is 42.5 Å². The average Bonchev–Trinajstić information content (AvgIpc) is 2.76. The summed E-state index contributed by atoms with van der Waals surface area (Å²) in [5, 5.41) is 2.19. The molecular formula is C23H18F4N2O3. The average molecular weight is 446 g/mol. The van der Waals surface area contributed by atoms with Gasteiger partial charge in [-0.3, -0.25) is 4.79 Å². The zero-order valence-corrected chi connectivity index (χ0v) is 17.1. The van der Waals surface area contributed by atoms with Crippen molar-refractivity contribution in [3.05, 3.63) is 93.6 Å². The molecule has 3 N–H and O–H groups in total. The molecule has 3 aromatic rings. The van der Waals surface area contributed by atoms with E-state index in [1.54, 1.807) is 31.2 Å². The zero-order chi connectivity index (χ0) is 23.6. The monoisotopic (exact) mass is 446 g/mol. The number of rotatable bonds is 5. The van der Waals surface area contributed by atoms with Crippen LogP contribution < -0.4 is 15.8 Å². The van der Waals surface area contributed by atoms with Crippen LogP contribution in [0.2, 0.25) is 0 Å². The van der Waals surface area contributed by atoms with E-state index in [2.05, 4.69) is 10.1 Å². The maximum atomic E-state index is 14.4. The molecule has 0 bridgehead atoms. The lowest BCUT2D eigenvalue weighted by Crippen LogP contribution is -2.26. The predicted molar refractivity (Wildman–Crippen MR) is 109 cm³/mol. The molecule has 9 heteroatoms. The lowest BCUT2D eigenvalue weighted by molar-refractivity contribution is 0.0717. The van der Waals surface area contributed by atoms with Crippen molar-refractivity contribution in [2.45, 2.75) is 20.4 Å². The predicted octanol–water partition coefficient (Wildman–Crippen LogP) is 4.59. The third kappa shape index (κ3) is 4.56. The summed E-state index contributed by atoms with van der Waals surface area (Å²) in [6, 6.07) is 10.8. The molecule has 32 heavy (non-hydrogen) atoms. The number of carbonyl (C=O) groups excluding carboxylic acids is 2. The third-order valence-electron chi connectivity index (χ3n) is 4.73. The van der Waals surface area contributed by atoms with Crippen LogP contribution in [0.25, 0.3) is 0 Å². The van der Waals surface area contributed by atoms with Crippen LogP contribution >= 0.6 is 0 Å². The van der Waals surface area contributed by atoms with Gasteiger partial charge in [0.25, 0.3) is 5.91 Å². The van der Waals surface area contributed by atoms with Crippen molar-refractivity contribution < 1.29 is 31.9 Å². The molecule has 0 radical (unpaired) electrons. The number of esters is 1. The SMILES string of the molecule is Cc1ccc(CNC(=O)c2c(F)c(F)c(OC(=O)c3ccc(C)c(N)c3)c(F)c2F)cc1. The molecule has 0 unspecified atom stereocenters. The highest BCUT2D eigenvalue weighted by Gasteiger charge is 2.31. The van der Waals surface area contributed by atoms with Crippen molar-refractivity contribution in [3.8, 4) is 5.75 Å². The van der Waals surface area contributed by atoms with E-state index in [1.165, 1.54) is 18.2 Å². The van der Waals surface area contributed by atoms with E-state index >= 15 is 0 Å². The highest BCUT2D eigenvalue weighted by Crippen LogP contribution is 2.31. The molecule has 166 valence electrons. The molecule has 3 aromatic carbocycles. The van der Waals surface area contributed by atoms with Gasteiger partial charge >= 0.3 is 5.97 Å². The number of ether oxygens (including phenoxy) is 1. The first-order valence-electron chi connectivity index (χ1n) is 9.38. The Morgan fingerprint density at radius 2 is 1.50 bits per heavy atom. The summed E-state index contributed by atoms with van der Waals surface area (Å²) in [7, 11) is 0. The first kappa shape index (κ1) is 22.8. The van der Waals surface area contributed by atoms with E-state index in [9.17, 15) is 27.2 Å². The van der Waals surface area contributed by atoms with Crippen LogP contribution in [0.1, 0.15) is 37.4 Å². The van der Waals surface area contributed by atoms with Crippen molar-refractivity contribution in [2.75, 3.05) is 5.73 Å². The van der Waals surface area contributed by atoms with Gasteiger partial charge in [-0.15, -0.1) is 0 Å². The summed E-state index contributed by atoms with van der Waals surface area (Å²) in [4.78, 5) is 24.4. The zero-order valence-electron chi connectivity index (χ0n) is 17.1. The molecule has 0 atom stereocenters. The normalized spacial score (nSPS) is 10.7. The number of anilines is 1. The fraction of sp³-hybridized carbons (Fsp3) is 0.130. The summed E-state index contributed by atoms with van der Waals surface area (Å²) in [5.41, 5.74) is 6.42. The minimum absolute atomic E-state index is 0.132. The molecule has 0 aliphatic carbocycles. The molecule has 5 nitrogen and oxygen atoms in total. The number of nitrogen functional groups attached to an aromatic ring is 1. The molecule has 3 rings (SSSR count). The summed E-state index contributed by atoms with van der Waals surface area (Å²) in [5.74, 6) is -12.3. The Bertz CT molecular complexity index is 1180. The quantitative estimate of drug-likeness (QED) is 0.198. The molecule has 0 heterocycles. The number of hydrogen-bond donors (Lipinski definition) is 2. The fourth-order valence-corrected chi connectivity index (χ4v) is 2.80. The Morgan fingerprint density at radius 1 is 0.906 bits per heavy atom. The van der Waals surface area contributed by atoms with Crippen LogP contribution in [0.5, 0.6) is 5.75 Å². The van der Waals surface area contributed by atoms with Gasteiger partial charge in [-0.2, -0.15) is 8.78 Å². The summed E-state index contributed by atoms with van der Waals surface area (Å²) >= 11 is 0. The van der Waals surface area contributed by atoms with Gasteiger partial charge in [0.2, 0.25) is 17.4 Å². The topological polar surface area (TPSA) is 81.4 Å². The highest BCUT2D eigenvalue weighted by molar-refractivity contribution is 5.95. The maximum absolute atomic E-state index is 14.4. The van der Waals surface area contributed by atoms with Crippen LogP contribution in [0.4, 0.5) is 23.2 Å². The number of halogens is 4. The number of nitrogens with one attached hydrogen (secondary N) is 1. The van der Waals surface area contributed by atoms with E-state index in [0.717, 1.165) is 5.56 Å². The fourth-order valence-electron chi connectivity index (χ4n) is 2.80. The Kier molecular flexibility index (Phi) is 6.47. The Hall–Kier alpha value is -3.88. The number of benzene rings is 3. The first-order chi connectivity index (χ1) is 15.1. The molecule has 0 fully saturated rings. The van der Waals surface area contributed by atoms with Gasteiger partial charge in [0.05, 0.1) is 5.56 Å². The minimum atomic E-state index is -2.02. The maximum Gasteiger partial charge on any atom is 0.343 e. The van der Waals surface area contributed by atoms with Gasteiger partial charge in [-0.05, 0) is 37.1 Å². The summed E-state index contributed by atoms with van der Waals surface area (Å²) in [6.45, 7) is 3.38. The van der Waals surface area contributed by atoms with Gasteiger partial charge in [-0.1, -0.05) is 35.9 Å². The molecule has 0 aliphatic rings. The van der Waals surface area contributed by atoms with Crippen molar-refractivity contribution in [2.24, 2.45) is 0 Å². The second kappa shape index (κ2) is 9.09. The lowest BCUT2D eigenvalue weighted by atomic mass is 10.1. The standard InChI is InChI=1S/C23H18F4N2O3/c1-11-3-6-13(7-4-11)10-29-22(30)16-17(24)19(26)21(20(27)18(16)25)32-23(31)14-8-5-12(2)15(28)9-14/h3-9H,10,28H2,1-2H3,(H,29,30). The Balaban J connectivity index is 1.86. The number of nitrogens with two attached hydrogens (primary N) is 1. The van der Waals surface area contributed by atoms with E-state index in [-0.39, 0.29) is 17.8 Å². The second-order valence-corrected chi connectivity index (χ2v) is 7.09. The molecular weight excluding hydrogens is 428 g/mol.